The van der Waals surface area contributed by atoms with Crippen LogP contribution in [-0.2, 0) is 6.54 Å². The number of aliphatic hydroxyl groups excluding tert-OH is 1. The van der Waals surface area contributed by atoms with Crippen molar-refractivity contribution in [2.75, 3.05) is 32.7 Å². The van der Waals surface area contributed by atoms with Crippen LogP contribution in [0, 0.1) is 0 Å². The number of carbonyl (C=O) groups is 1. The molecular weight excluding hydrogens is 338 g/mol. The maximum atomic E-state index is 12.8. The molecule has 5 heteroatoms. The normalized spacial score (nSPS) is 24.1. The van der Waals surface area contributed by atoms with E-state index >= 15 is 0 Å². The van der Waals surface area contributed by atoms with Gasteiger partial charge >= 0.3 is 0 Å². The van der Waals surface area contributed by atoms with Crippen molar-refractivity contribution in [2.24, 2.45) is 0 Å². The third-order valence-corrected chi connectivity index (χ3v) is 6.24. The third kappa shape index (κ3) is 4.89. The zero-order chi connectivity index (χ0) is 19.4. The number of rotatable bonds is 6. The smallest absolute Gasteiger partial charge is 0.253 e. The van der Waals surface area contributed by atoms with Crippen LogP contribution in [0.5, 0.6) is 0 Å². The second-order valence-electron chi connectivity index (χ2n) is 8.25. The van der Waals surface area contributed by atoms with Crippen LogP contribution in [-0.4, -0.2) is 76.6 Å². The number of piperazine rings is 1. The van der Waals surface area contributed by atoms with E-state index in [4.69, 9.17) is 0 Å². The van der Waals surface area contributed by atoms with Gasteiger partial charge in [0.05, 0.1) is 6.10 Å². The molecule has 0 radical (unpaired) electrons. The topological polar surface area (TPSA) is 47.0 Å². The van der Waals surface area contributed by atoms with E-state index in [1.807, 2.05) is 17.0 Å². The molecule has 1 N–H and O–H groups in total. The third-order valence-electron chi connectivity index (χ3n) is 6.24. The first-order valence-corrected chi connectivity index (χ1v) is 10.5. The number of benzene rings is 1. The van der Waals surface area contributed by atoms with Crippen molar-refractivity contribution in [1.82, 2.24) is 14.7 Å². The summed E-state index contributed by atoms with van der Waals surface area (Å²) in [5.41, 5.74) is 2.03. The lowest BCUT2D eigenvalue weighted by atomic mass is 10.1. The van der Waals surface area contributed by atoms with E-state index in [1.165, 1.54) is 5.56 Å². The van der Waals surface area contributed by atoms with Crippen molar-refractivity contribution in [3.63, 3.8) is 0 Å². The summed E-state index contributed by atoms with van der Waals surface area (Å²) >= 11 is 0. The van der Waals surface area contributed by atoms with Crippen LogP contribution in [0.15, 0.2) is 24.3 Å². The zero-order valence-electron chi connectivity index (χ0n) is 17.1. The number of hydrogen-bond acceptors (Lipinski definition) is 4. The molecule has 1 saturated heterocycles. The Balaban J connectivity index is 1.54. The molecule has 1 saturated carbocycles. The van der Waals surface area contributed by atoms with Gasteiger partial charge in [0, 0.05) is 50.4 Å². The predicted molar refractivity (Wildman–Crippen MR) is 109 cm³/mol. The van der Waals surface area contributed by atoms with Gasteiger partial charge in [-0.2, -0.15) is 0 Å². The summed E-state index contributed by atoms with van der Waals surface area (Å²) in [4.78, 5) is 19.6. The molecule has 1 aromatic carbocycles. The lowest BCUT2D eigenvalue weighted by Crippen LogP contribution is -2.53. The van der Waals surface area contributed by atoms with E-state index in [-0.39, 0.29) is 12.0 Å². The highest BCUT2D eigenvalue weighted by molar-refractivity contribution is 5.94. The average molecular weight is 374 g/mol. The van der Waals surface area contributed by atoms with Gasteiger partial charge < -0.3 is 10.0 Å². The highest BCUT2D eigenvalue weighted by atomic mass is 16.3. The fraction of sp³-hybridized carbons (Fsp3) is 0.682. The van der Waals surface area contributed by atoms with E-state index in [0.717, 1.165) is 64.1 Å². The van der Waals surface area contributed by atoms with Crippen LogP contribution >= 0.6 is 0 Å². The maximum absolute atomic E-state index is 12.8. The molecule has 0 aromatic heterocycles. The fourth-order valence-electron chi connectivity index (χ4n) is 4.43. The van der Waals surface area contributed by atoms with Crippen molar-refractivity contribution < 1.29 is 9.90 Å². The largest absolute Gasteiger partial charge is 0.391 e. The Kier molecular flexibility index (Phi) is 6.90. The van der Waals surface area contributed by atoms with Crippen LogP contribution in [0.2, 0.25) is 0 Å². The van der Waals surface area contributed by atoms with Crippen LogP contribution < -0.4 is 0 Å². The molecule has 27 heavy (non-hydrogen) atoms. The summed E-state index contributed by atoms with van der Waals surface area (Å²) in [5.74, 6) is 0.129. The lowest BCUT2D eigenvalue weighted by molar-refractivity contribution is 0.0315. The standard InChI is InChI=1S/C22H35N3O2/c1-4-23(17(2)3)16-18-8-10-19(11-9-18)22(27)25-14-12-24(13-15-25)20-6-5-7-21(20)26/h8-11,17,20-21,26H,4-7,12-16H2,1-3H3. The highest BCUT2D eigenvalue weighted by Crippen LogP contribution is 2.25. The number of nitrogens with zero attached hydrogens (tertiary/aromatic N) is 3. The summed E-state index contributed by atoms with van der Waals surface area (Å²) in [6.45, 7) is 11.8. The lowest BCUT2D eigenvalue weighted by Gasteiger charge is -2.39. The average Bonchev–Trinajstić information content (AvgIpc) is 3.12. The summed E-state index contributed by atoms with van der Waals surface area (Å²) < 4.78 is 0. The van der Waals surface area contributed by atoms with E-state index in [1.54, 1.807) is 0 Å². The fourth-order valence-corrected chi connectivity index (χ4v) is 4.43. The Morgan fingerprint density at radius 3 is 2.33 bits per heavy atom. The molecule has 0 spiro atoms. The van der Waals surface area contributed by atoms with Gasteiger partial charge in [0.1, 0.15) is 0 Å². The van der Waals surface area contributed by atoms with Crippen LogP contribution in [0.25, 0.3) is 0 Å². The number of hydrogen-bond donors (Lipinski definition) is 1. The summed E-state index contributed by atoms with van der Waals surface area (Å²) in [5, 5.41) is 10.1. The van der Waals surface area contributed by atoms with Gasteiger partial charge in [-0.25, -0.2) is 0 Å². The molecule has 150 valence electrons. The molecule has 1 aliphatic carbocycles. The number of aliphatic hydroxyl groups is 1. The van der Waals surface area contributed by atoms with Gasteiger partial charge in [-0.1, -0.05) is 19.1 Å². The van der Waals surface area contributed by atoms with Crippen LogP contribution in [0.4, 0.5) is 0 Å². The number of carbonyl (C=O) groups excluding carboxylic acids is 1. The summed E-state index contributed by atoms with van der Waals surface area (Å²) in [6, 6.07) is 8.93. The molecule has 2 atom stereocenters. The van der Waals surface area contributed by atoms with E-state index in [9.17, 15) is 9.90 Å². The molecule has 2 unspecified atom stereocenters. The molecule has 3 rings (SSSR count). The van der Waals surface area contributed by atoms with Gasteiger partial charge in [0.2, 0.25) is 0 Å². The van der Waals surface area contributed by atoms with Gasteiger partial charge in [-0.05, 0) is 57.4 Å². The summed E-state index contributed by atoms with van der Waals surface area (Å²) in [6.07, 6.45) is 2.93. The molecule has 1 aromatic rings. The highest BCUT2D eigenvalue weighted by Gasteiger charge is 2.33. The Labute approximate surface area is 163 Å². The molecule has 0 bridgehead atoms. The van der Waals surface area contributed by atoms with Gasteiger partial charge in [0.25, 0.3) is 5.91 Å². The molecule has 1 aliphatic heterocycles. The van der Waals surface area contributed by atoms with Crippen LogP contribution in [0.3, 0.4) is 0 Å². The van der Waals surface area contributed by atoms with Crippen molar-refractivity contribution in [1.29, 1.82) is 0 Å². The first kappa shape index (κ1) is 20.3. The van der Waals surface area contributed by atoms with Gasteiger partial charge in [-0.15, -0.1) is 0 Å². The first-order chi connectivity index (χ1) is 13.0. The quantitative estimate of drug-likeness (QED) is 0.833. The van der Waals surface area contributed by atoms with Crippen molar-refractivity contribution >= 4 is 5.91 Å². The Hall–Kier alpha value is -1.43. The molecule has 5 nitrogen and oxygen atoms in total. The minimum Gasteiger partial charge on any atom is -0.391 e. The molecular formula is C22H35N3O2. The molecule has 2 aliphatic rings. The number of amides is 1. The van der Waals surface area contributed by atoms with Crippen molar-refractivity contribution in [2.45, 2.75) is 64.8 Å². The molecule has 2 fully saturated rings. The monoisotopic (exact) mass is 373 g/mol. The van der Waals surface area contributed by atoms with E-state index < -0.39 is 0 Å². The van der Waals surface area contributed by atoms with Crippen LogP contribution in [0.1, 0.15) is 56.0 Å². The van der Waals surface area contributed by atoms with E-state index in [2.05, 4.69) is 42.7 Å². The van der Waals surface area contributed by atoms with Crippen molar-refractivity contribution in [3.05, 3.63) is 35.4 Å². The van der Waals surface area contributed by atoms with Gasteiger partial charge in [0.15, 0.2) is 0 Å². The maximum Gasteiger partial charge on any atom is 0.253 e. The predicted octanol–water partition coefficient (Wildman–Crippen LogP) is 2.59. The zero-order valence-corrected chi connectivity index (χ0v) is 17.1. The van der Waals surface area contributed by atoms with Gasteiger partial charge in [-0.3, -0.25) is 14.6 Å². The Morgan fingerprint density at radius 1 is 1.15 bits per heavy atom. The second-order valence-corrected chi connectivity index (χ2v) is 8.25. The molecule has 1 heterocycles. The SMILES string of the molecule is CCN(Cc1ccc(C(=O)N2CCN(C3CCCC3O)CC2)cc1)C(C)C. The first-order valence-electron chi connectivity index (χ1n) is 10.5. The summed E-state index contributed by atoms with van der Waals surface area (Å²) in [7, 11) is 0. The Bertz CT molecular complexity index is 608. The minimum atomic E-state index is -0.187. The second kappa shape index (κ2) is 9.18. The molecule has 1 amide bonds. The Morgan fingerprint density at radius 2 is 1.81 bits per heavy atom. The van der Waals surface area contributed by atoms with Crippen molar-refractivity contribution in [3.8, 4) is 0 Å². The van der Waals surface area contributed by atoms with E-state index in [0.29, 0.717) is 12.1 Å². The minimum absolute atomic E-state index is 0.129.